The smallest absolute Gasteiger partial charge is 0.272 e. The van der Waals surface area contributed by atoms with Crippen LogP contribution < -0.4 is 25.0 Å². The number of nitrogen functional groups attached to an aromatic ring is 1. The molecule has 2 aliphatic rings. The number of sulfone groups is 1. The summed E-state index contributed by atoms with van der Waals surface area (Å²) in [4.78, 5) is 48.1. The Hall–Kier alpha value is -8.06. The number of nitrogens with zero attached hydrogens (tertiary/aromatic N) is 11. The summed E-state index contributed by atoms with van der Waals surface area (Å²) in [5.41, 5.74) is 10.8. The largest absolute Gasteiger partial charge is 0.493 e. The van der Waals surface area contributed by atoms with Crippen molar-refractivity contribution in [3.05, 3.63) is 139 Å². The average molecular weight is 935 g/mol. The fourth-order valence-electron chi connectivity index (χ4n) is 8.51. The number of nitrogens with two attached hydrogens (primary N) is 1. The molecule has 2 fully saturated rings. The second-order valence-corrected chi connectivity index (χ2v) is 18.4. The monoisotopic (exact) mass is 934 g/mol. The van der Waals surface area contributed by atoms with Gasteiger partial charge in [0, 0.05) is 88.1 Å². The molecule has 2 amide bonds. The molecule has 0 bridgehead atoms. The van der Waals surface area contributed by atoms with E-state index in [1.54, 1.807) is 85.7 Å². The van der Waals surface area contributed by atoms with E-state index in [-0.39, 0.29) is 16.7 Å². The molecule has 0 unspecified atom stereocenters. The molecule has 4 aromatic heterocycles. The number of aromatic nitrogens is 7. The van der Waals surface area contributed by atoms with Gasteiger partial charge in [-0.15, -0.1) is 0 Å². The lowest BCUT2D eigenvalue weighted by Gasteiger charge is -2.36. The first-order valence-corrected chi connectivity index (χ1v) is 23.9. The van der Waals surface area contributed by atoms with Crippen molar-refractivity contribution in [3.8, 4) is 22.9 Å². The van der Waals surface area contributed by atoms with Crippen LogP contribution in [0.2, 0.25) is 0 Å². The lowest BCUT2D eigenvalue weighted by Crippen LogP contribution is -2.49. The molecule has 10 rings (SSSR count). The highest BCUT2D eigenvalue weighted by atomic mass is 32.2. The molecule has 2 aliphatic heterocycles. The average Bonchev–Trinajstić information content (AvgIpc) is 4.03. The van der Waals surface area contributed by atoms with Crippen molar-refractivity contribution in [3.63, 3.8) is 0 Å². The Morgan fingerprint density at radius 3 is 1.88 bits per heavy atom. The van der Waals surface area contributed by atoms with Gasteiger partial charge in [0.25, 0.3) is 11.8 Å². The number of pyridine rings is 1. The van der Waals surface area contributed by atoms with E-state index >= 15 is 0 Å². The van der Waals surface area contributed by atoms with Gasteiger partial charge in [-0.05, 0) is 72.3 Å². The Morgan fingerprint density at radius 2 is 1.24 bits per heavy atom. The minimum absolute atomic E-state index is 0.0585. The normalized spacial score (nSPS) is 14.2. The first kappa shape index (κ1) is 45.1. The van der Waals surface area contributed by atoms with Gasteiger partial charge in [-0.3, -0.25) is 14.6 Å². The molecule has 2 saturated heterocycles. The summed E-state index contributed by atoms with van der Waals surface area (Å²) in [6.45, 7) is 6.56. The fraction of sp³-hybridized carbons (Fsp3) is 0.245. The summed E-state index contributed by atoms with van der Waals surface area (Å²) in [6.07, 6.45) is 6.34. The van der Waals surface area contributed by atoms with E-state index in [9.17, 15) is 18.0 Å². The van der Waals surface area contributed by atoms with Crippen LogP contribution in [0, 0.1) is 6.92 Å². The first-order chi connectivity index (χ1) is 32.9. The molecule has 4 aromatic carbocycles. The number of amides is 2. The number of hydrogen-bond acceptors (Lipinski definition) is 14. The van der Waals surface area contributed by atoms with Crippen LogP contribution in [-0.4, -0.2) is 137 Å². The third-order valence-corrected chi connectivity index (χ3v) is 13.2. The highest BCUT2D eigenvalue weighted by Gasteiger charge is 2.29. The quantitative estimate of drug-likeness (QED) is 0.191. The number of carbonyl (C=O) groups is 2. The van der Waals surface area contributed by atoms with Crippen molar-refractivity contribution in [2.24, 2.45) is 0 Å². The van der Waals surface area contributed by atoms with Crippen molar-refractivity contribution in [1.82, 2.24) is 44.3 Å². The summed E-state index contributed by atoms with van der Waals surface area (Å²) in [7, 11) is -0.416. The number of aryl methyl sites for hydroxylation is 1. The Labute approximate surface area is 393 Å². The number of anilines is 3. The molecule has 19 heteroatoms. The fourth-order valence-corrected chi connectivity index (χ4v) is 9.38. The summed E-state index contributed by atoms with van der Waals surface area (Å²) in [6, 6.07) is 31.6. The number of methoxy groups -OCH3 is 2. The summed E-state index contributed by atoms with van der Waals surface area (Å²) in [5, 5.41) is 11.3. The predicted octanol–water partition coefficient (Wildman–Crippen LogP) is 5.47. The zero-order valence-electron chi connectivity index (χ0n) is 38.1. The van der Waals surface area contributed by atoms with Crippen molar-refractivity contribution < 1.29 is 27.5 Å². The number of para-hydroxylation sites is 1. The van der Waals surface area contributed by atoms with Crippen LogP contribution >= 0.6 is 0 Å². The van der Waals surface area contributed by atoms with Gasteiger partial charge in [0.2, 0.25) is 5.95 Å². The van der Waals surface area contributed by atoms with Gasteiger partial charge in [-0.1, -0.05) is 42.5 Å². The van der Waals surface area contributed by atoms with E-state index in [4.69, 9.17) is 20.2 Å². The van der Waals surface area contributed by atoms with Crippen LogP contribution in [0.5, 0.6) is 11.5 Å². The standard InChI is InChI=1S/C25H25N5O3S.C24H25N7O3/c1-18-15-23(25(31)29-13-11-28(12-14-29)21-7-9-26-10-8-21)30(27-18)22-16-19-5-3-4-6-20(19)17-24(22)34(2,32)33;1-33-20-14-17-18(15-21(20)34-2)27-24(28-22(17)25)30-12-10-29(11-13-30)23(32)19-8-9-26-31(19)16-6-4-3-5-7-16/h3-10,15-17H,11-14H2,1-2H3;3-9,14-15H,10-13H2,1-2H3,(H2,25,27,28). The van der Waals surface area contributed by atoms with Gasteiger partial charge >= 0.3 is 0 Å². The topological polar surface area (TPSA) is 200 Å². The molecule has 0 aliphatic carbocycles. The zero-order chi connectivity index (χ0) is 47.5. The maximum atomic E-state index is 13.6. The highest BCUT2D eigenvalue weighted by molar-refractivity contribution is 7.90. The van der Waals surface area contributed by atoms with Crippen molar-refractivity contribution in [2.75, 3.05) is 88.4 Å². The van der Waals surface area contributed by atoms with Crippen LogP contribution in [0.1, 0.15) is 26.7 Å². The second kappa shape index (κ2) is 19.0. The summed E-state index contributed by atoms with van der Waals surface area (Å²) >= 11 is 0. The molecule has 0 radical (unpaired) electrons. The number of benzene rings is 4. The van der Waals surface area contributed by atoms with Crippen LogP contribution in [-0.2, 0) is 9.84 Å². The number of carbonyl (C=O) groups excluding carboxylic acids is 2. The van der Waals surface area contributed by atoms with E-state index in [2.05, 4.69) is 25.1 Å². The van der Waals surface area contributed by atoms with Gasteiger partial charge in [0.1, 0.15) is 17.2 Å². The number of hydrogen-bond donors (Lipinski definition) is 1. The number of piperazine rings is 2. The third kappa shape index (κ3) is 9.19. The van der Waals surface area contributed by atoms with Crippen molar-refractivity contribution >= 4 is 60.8 Å². The lowest BCUT2D eigenvalue weighted by molar-refractivity contribution is 0.0730. The van der Waals surface area contributed by atoms with Gasteiger partial charge in [0.05, 0.1) is 47.9 Å². The minimum Gasteiger partial charge on any atom is -0.493 e. The molecular formula is C49H50N12O6S. The highest BCUT2D eigenvalue weighted by Crippen LogP contribution is 2.34. The van der Waals surface area contributed by atoms with E-state index in [0.29, 0.717) is 109 Å². The molecule has 0 atom stereocenters. The molecule has 348 valence electrons. The maximum absolute atomic E-state index is 13.6. The number of ether oxygens (including phenoxy) is 2. The molecule has 2 N–H and O–H groups in total. The zero-order valence-corrected chi connectivity index (χ0v) is 38.9. The molecule has 6 heterocycles. The number of fused-ring (bicyclic) bond motifs is 2. The van der Waals surface area contributed by atoms with Gasteiger partial charge in [-0.2, -0.15) is 15.2 Å². The molecule has 0 saturated carbocycles. The van der Waals surface area contributed by atoms with Crippen LogP contribution in [0.4, 0.5) is 17.5 Å². The third-order valence-electron chi connectivity index (χ3n) is 12.0. The van der Waals surface area contributed by atoms with E-state index < -0.39 is 9.84 Å². The molecule has 0 spiro atoms. The molecule has 68 heavy (non-hydrogen) atoms. The van der Waals surface area contributed by atoms with Crippen molar-refractivity contribution in [2.45, 2.75) is 11.8 Å². The Kier molecular flexibility index (Phi) is 12.6. The van der Waals surface area contributed by atoms with E-state index in [1.807, 2.05) is 76.5 Å². The lowest BCUT2D eigenvalue weighted by atomic mass is 10.1. The Morgan fingerprint density at radius 1 is 0.632 bits per heavy atom. The maximum Gasteiger partial charge on any atom is 0.272 e. The Balaban J connectivity index is 0.000000170. The van der Waals surface area contributed by atoms with E-state index in [0.717, 1.165) is 22.1 Å². The van der Waals surface area contributed by atoms with Crippen LogP contribution in [0.3, 0.4) is 0 Å². The SMILES string of the molecule is COc1cc2nc(N3CCN(C(=O)c4ccnn4-c4ccccc4)CC3)nc(N)c2cc1OC.Cc1cc(C(=O)N2CCN(c3ccncc3)CC2)n(-c2cc3ccccc3cc2S(C)(=O)=O)n1. The van der Waals surface area contributed by atoms with Crippen molar-refractivity contribution in [1.29, 1.82) is 0 Å². The van der Waals surface area contributed by atoms with Gasteiger partial charge in [-0.25, -0.2) is 22.8 Å². The number of rotatable bonds is 9. The van der Waals surface area contributed by atoms with Crippen LogP contribution in [0.25, 0.3) is 33.1 Å². The second-order valence-electron chi connectivity index (χ2n) is 16.4. The van der Waals surface area contributed by atoms with Gasteiger partial charge in [0.15, 0.2) is 21.3 Å². The molecule has 18 nitrogen and oxygen atoms in total. The molecular weight excluding hydrogens is 885 g/mol. The minimum atomic E-state index is -3.57. The van der Waals surface area contributed by atoms with Crippen LogP contribution in [0.15, 0.2) is 127 Å². The first-order valence-electron chi connectivity index (χ1n) is 22.0. The summed E-state index contributed by atoms with van der Waals surface area (Å²) < 4.78 is 39.3. The Bertz CT molecular complexity index is 3240. The molecule has 8 aromatic rings. The predicted molar refractivity (Wildman–Crippen MR) is 260 cm³/mol. The van der Waals surface area contributed by atoms with Gasteiger partial charge < -0.3 is 34.8 Å². The summed E-state index contributed by atoms with van der Waals surface area (Å²) in [5.74, 6) is 1.81. The van der Waals surface area contributed by atoms with E-state index in [1.165, 1.54) is 10.9 Å².